The van der Waals surface area contributed by atoms with Crippen molar-refractivity contribution in [2.75, 3.05) is 11.9 Å². The lowest BCUT2D eigenvalue weighted by molar-refractivity contribution is -0.119. The Bertz CT molecular complexity index is 722. The maximum atomic E-state index is 11.8. The number of anilines is 1. The first-order valence-corrected chi connectivity index (χ1v) is 6.79. The third-order valence-electron chi connectivity index (χ3n) is 2.55. The van der Waals surface area contributed by atoms with Crippen molar-refractivity contribution >= 4 is 40.8 Å². The zero-order chi connectivity index (χ0) is 16.1. The molecule has 0 saturated heterocycles. The standard InChI is InChI=1S/C14H10Cl2N2O4/c15-8-3-4-11(19)9(6-8)14(21)22-7-12(20)18-10-2-1-5-17-13(10)16/h1-6,19H,7H2,(H,18,20). The minimum absolute atomic E-state index is 0.120. The molecule has 2 rings (SSSR count). The number of hydrogen-bond donors (Lipinski definition) is 2. The summed E-state index contributed by atoms with van der Waals surface area (Å²) >= 11 is 11.5. The van der Waals surface area contributed by atoms with Gasteiger partial charge < -0.3 is 15.2 Å². The van der Waals surface area contributed by atoms with E-state index in [9.17, 15) is 14.7 Å². The maximum Gasteiger partial charge on any atom is 0.342 e. The Kier molecular flexibility index (Phi) is 5.19. The fraction of sp³-hybridized carbons (Fsp3) is 0.0714. The third-order valence-corrected chi connectivity index (χ3v) is 3.08. The van der Waals surface area contributed by atoms with Crippen LogP contribution >= 0.6 is 23.2 Å². The number of carbonyl (C=O) groups is 2. The Hall–Kier alpha value is -2.31. The average Bonchev–Trinajstić information content (AvgIpc) is 2.49. The number of carbonyl (C=O) groups excluding carboxylic acids is 2. The lowest BCUT2D eigenvalue weighted by atomic mass is 10.2. The zero-order valence-corrected chi connectivity index (χ0v) is 12.6. The second kappa shape index (κ2) is 7.11. The minimum Gasteiger partial charge on any atom is -0.507 e. The number of esters is 1. The highest BCUT2D eigenvalue weighted by Crippen LogP contribution is 2.22. The quantitative estimate of drug-likeness (QED) is 0.659. The second-order valence-corrected chi connectivity index (χ2v) is 4.92. The molecule has 0 spiro atoms. The van der Waals surface area contributed by atoms with E-state index in [0.29, 0.717) is 5.69 Å². The number of benzene rings is 1. The number of pyridine rings is 1. The molecule has 8 heteroatoms. The van der Waals surface area contributed by atoms with E-state index in [1.54, 1.807) is 12.1 Å². The van der Waals surface area contributed by atoms with Crippen LogP contribution in [0.3, 0.4) is 0 Å². The molecule has 0 aliphatic heterocycles. The average molecular weight is 341 g/mol. The topological polar surface area (TPSA) is 88.5 Å². The number of ether oxygens (including phenoxy) is 1. The zero-order valence-electron chi connectivity index (χ0n) is 11.0. The van der Waals surface area contributed by atoms with Crippen molar-refractivity contribution in [2.45, 2.75) is 0 Å². The molecule has 6 nitrogen and oxygen atoms in total. The van der Waals surface area contributed by atoms with Gasteiger partial charge in [-0.3, -0.25) is 4.79 Å². The molecule has 0 saturated carbocycles. The number of phenolic OH excluding ortho intramolecular Hbond substituents is 1. The maximum absolute atomic E-state index is 11.8. The highest BCUT2D eigenvalue weighted by atomic mass is 35.5. The van der Waals surface area contributed by atoms with Gasteiger partial charge in [-0.05, 0) is 30.3 Å². The fourth-order valence-corrected chi connectivity index (χ4v) is 1.88. The summed E-state index contributed by atoms with van der Waals surface area (Å²) in [7, 11) is 0. The van der Waals surface area contributed by atoms with Gasteiger partial charge in [0, 0.05) is 11.2 Å². The summed E-state index contributed by atoms with van der Waals surface area (Å²) < 4.78 is 4.80. The van der Waals surface area contributed by atoms with E-state index in [1.807, 2.05) is 0 Å². The van der Waals surface area contributed by atoms with Crippen LogP contribution in [0.2, 0.25) is 10.2 Å². The summed E-state index contributed by atoms with van der Waals surface area (Å²) in [6.07, 6.45) is 1.47. The van der Waals surface area contributed by atoms with Crippen LogP contribution in [0.5, 0.6) is 5.75 Å². The predicted molar refractivity (Wildman–Crippen MR) is 81.3 cm³/mol. The molecule has 0 radical (unpaired) electrons. The smallest absolute Gasteiger partial charge is 0.342 e. The van der Waals surface area contributed by atoms with Crippen LogP contribution in [-0.4, -0.2) is 28.6 Å². The number of amides is 1. The van der Waals surface area contributed by atoms with E-state index in [1.165, 1.54) is 24.4 Å². The van der Waals surface area contributed by atoms with Gasteiger partial charge in [0.2, 0.25) is 0 Å². The Morgan fingerprint density at radius 1 is 1.27 bits per heavy atom. The van der Waals surface area contributed by atoms with Gasteiger partial charge >= 0.3 is 5.97 Å². The Morgan fingerprint density at radius 2 is 2.05 bits per heavy atom. The second-order valence-electron chi connectivity index (χ2n) is 4.13. The SMILES string of the molecule is O=C(COC(=O)c1cc(Cl)ccc1O)Nc1cccnc1Cl. The van der Waals surface area contributed by atoms with E-state index >= 15 is 0 Å². The first-order valence-electron chi connectivity index (χ1n) is 6.03. The van der Waals surface area contributed by atoms with E-state index in [-0.39, 0.29) is 21.5 Å². The number of nitrogens with zero attached hydrogens (tertiary/aromatic N) is 1. The van der Waals surface area contributed by atoms with Crippen molar-refractivity contribution < 1.29 is 19.4 Å². The van der Waals surface area contributed by atoms with Gasteiger partial charge in [0.1, 0.15) is 11.3 Å². The molecule has 0 atom stereocenters. The van der Waals surface area contributed by atoms with E-state index < -0.39 is 18.5 Å². The first kappa shape index (κ1) is 16.1. The van der Waals surface area contributed by atoms with Gasteiger partial charge in [-0.15, -0.1) is 0 Å². The van der Waals surface area contributed by atoms with Crippen LogP contribution in [0, 0.1) is 0 Å². The fourth-order valence-electron chi connectivity index (χ4n) is 1.55. The van der Waals surface area contributed by atoms with Crippen LogP contribution in [0.25, 0.3) is 0 Å². The molecule has 2 aromatic rings. The number of aromatic hydroxyl groups is 1. The van der Waals surface area contributed by atoms with E-state index in [0.717, 1.165) is 0 Å². The molecule has 0 aliphatic rings. The largest absolute Gasteiger partial charge is 0.507 e. The number of halogens is 2. The molecular formula is C14H10Cl2N2O4. The van der Waals surface area contributed by atoms with Gasteiger partial charge in [-0.2, -0.15) is 0 Å². The molecule has 0 fully saturated rings. The van der Waals surface area contributed by atoms with Crippen LogP contribution in [0.1, 0.15) is 10.4 Å². The summed E-state index contributed by atoms with van der Waals surface area (Å²) in [6.45, 7) is -0.546. The van der Waals surface area contributed by atoms with E-state index in [2.05, 4.69) is 10.3 Å². The summed E-state index contributed by atoms with van der Waals surface area (Å²) in [4.78, 5) is 27.3. The van der Waals surface area contributed by atoms with Gasteiger partial charge in [0.05, 0.1) is 5.69 Å². The van der Waals surface area contributed by atoms with Crippen molar-refractivity contribution in [1.29, 1.82) is 0 Å². The number of nitrogens with one attached hydrogen (secondary N) is 1. The van der Waals surface area contributed by atoms with Gasteiger partial charge in [-0.1, -0.05) is 23.2 Å². The summed E-state index contributed by atoms with van der Waals surface area (Å²) in [6, 6.07) is 7.07. The number of phenols is 1. The van der Waals surface area contributed by atoms with Crippen LogP contribution in [-0.2, 0) is 9.53 Å². The van der Waals surface area contributed by atoms with Crippen molar-refractivity contribution in [3.05, 3.63) is 52.3 Å². The van der Waals surface area contributed by atoms with E-state index in [4.69, 9.17) is 27.9 Å². The lowest BCUT2D eigenvalue weighted by Crippen LogP contribution is -2.21. The molecule has 0 bridgehead atoms. The normalized spacial score (nSPS) is 10.1. The molecule has 1 amide bonds. The molecule has 0 aliphatic carbocycles. The van der Waals surface area contributed by atoms with Crippen molar-refractivity contribution in [3.63, 3.8) is 0 Å². The summed E-state index contributed by atoms with van der Waals surface area (Å²) in [5.41, 5.74) is 0.176. The predicted octanol–water partition coefficient (Wildman–Crippen LogP) is 2.89. The number of hydrogen-bond acceptors (Lipinski definition) is 5. The molecule has 1 aromatic carbocycles. The van der Waals surface area contributed by atoms with Crippen molar-refractivity contribution in [2.24, 2.45) is 0 Å². The molecule has 0 unspecified atom stereocenters. The van der Waals surface area contributed by atoms with Gasteiger partial charge in [0.15, 0.2) is 11.8 Å². The van der Waals surface area contributed by atoms with Crippen LogP contribution in [0.15, 0.2) is 36.5 Å². The molecular weight excluding hydrogens is 331 g/mol. The number of rotatable bonds is 4. The van der Waals surface area contributed by atoms with Crippen molar-refractivity contribution in [1.82, 2.24) is 4.98 Å². The summed E-state index contributed by atoms with van der Waals surface area (Å²) in [5.74, 6) is -1.75. The Labute approximate surface area is 135 Å². The molecule has 1 heterocycles. The lowest BCUT2D eigenvalue weighted by Gasteiger charge is -2.08. The number of aromatic nitrogens is 1. The Balaban J connectivity index is 1.95. The highest BCUT2D eigenvalue weighted by Gasteiger charge is 2.15. The van der Waals surface area contributed by atoms with Crippen molar-refractivity contribution in [3.8, 4) is 5.75 Å². The van der Waals surface area contributed by atoms with Gasteiger partial charge in [0.25, 0.3) is 5.91 Å². The third kappa shape index (κ3) is 4.09. The van der Waals surface area contributed by atoms with Crippen LogP contribution in [0.4, 0.5) is 5.69 Å². The first-order chi connectivity index (χ1) is 10.5. The molecule has 1 aromatic heterocycles. The van der Waals surface area contributed by atoms with Crippen LogP contribution < -0.4 is 5.32 Å². The Morgan fingerprint density at radius 3 is 2.77 bits per heavy atom. The summed E-state index contributed by atoms with van der Waals surface area (Å²) in [5, 5.41) is 12.4. The molecule has 114 valence electrons. The molecule has 22 heavy (non-hydrogen) atoms. The minimum atomic E-state index is -0.868. The monoisotopic (exact) mass is 340 g/mol. The molecule has 2 N–H and O–H groups in total. The van der Waals surface area contributed by atoms with Gasteiger partial charge in [-0.25, -0.2) is 9.78 Å². The highest BCUT2D eigenvalue weighted by molar-refractivity contribution is 6.32.